The van der Waals surface area contributed by atoms with Crippen molar-refractivity contribution in [3.63, 3.8) is 0 Å². The number of hydrogen-bond donors (Lipinski definition) is 1. The van der Waals surface area contributed by atoms with Crippen molar-refractivity contribution in [2.75, 3.05) is 0 Å². The fourth-order valence-electron chi connectivity index (χ4n) is 4.16. The molecule has 0 fully saturated rings. The van der Waals surface area contributed by atoms with Gasteiger partial charge in [-0.3, -0.25) is 23.3 Å². The summed E-state index contributed by atoms with van der Waals surface area (Å²) in [5, 5.41) is 10.9. The Hall–Kier alpha value is -3.62. The Balaban J connectivity index is 2.21. The van der Waals surface area contributed by atoms with Crippen molar-refractivity contribution >= 4 is 16.9 Å². The van der Waals surface area contributed by atoms with Gasteiger partial charge in [0, 0.05) is 13.1 Å². The molecule has 0 radical (unpaired) electrons. The average molecular weight is 438 g/mol. The van der Waals surface area contributed by atoms with Gasteiger partial charge in [-0.05, 0) is 24.8 Å². The maximum atomic E-state index is 13.4. The molecule has 3 aromatic heterocycles. The van der Waals surface area contributed by atoms with Gasteiger partial charge >= 0.3 is 5.69 Å². The molecule has 9 heteroatoms. The van der Waals surface area contributed by atoms with Gasteiger partial charge in [0.1, 0.15) is 0 Å². The van der Waals surface area contributed by atoms with Gasteiger partial charge in [-0.15, -0.1) is 0 Å². The molecule has 0 bridgehead atoms. The highest BCUT2D eigenvalue weighted by molar-refractivity contribution is 5.75. The molecule has 0 saturated heterocycles. The Morgan fingerprint density at radius 1 is 0.875 bits per heavy atom. The predicted molar refractivity (Wildman–Crippen MR) is 123 cm³/mol. The summed E-state index contributed by atoms with van der Waals surface area (Å²) >= 11 is 0. The minimum absolute atomic E-state index is 0.0722. The third-order valence-electron chi connectivity index (χ3n) is 5.67. The molecule has 0 saturated carbocycles. The standard InChI is InChI=1S/C23H27N5O4/c1-4-12-25-18-17(21(31)26(13-5-2)23(25)32)28-20(30)16(6-3)19(29)27(22(28)24-18)14-15-10-8-7-9-11-15/h7-11,29H,4-6,12-14H2,1-3H3. The lowest BCUT2D eigenvalue weighted by atomic mass is 10.2. The largest absolute Gasteiger partial charge is 0.494 e. The van der Waals surface area contributed by atoms with Gasteiger partial charge in [-0.25, -0.2) is 9.20 Å². The lowest BCUT2D eigenvalue weighted by Crippen LogP contribution is -2.41. The molecular formula is C23H27N5O4. The fraction of sp³-hybridized carbons (Fsp3) is 0.391. The quantitative estimate of drug-likeness (QED) is 0.477. The van der Waals surface area contributed by atoms with Crippen LogP contribution in [0.2, 0.25) is 0 Å². The molecule has 3 heterocycles. The molecule has 0 unspecified atom stereocenters. The van der Waals surface area contributed by atoms with Gasteiger partial charge in [-0.2, -0.15) is 4.98 Å². The van der Waals surface area contributed by atoms with Crippen LogP contribution in [-0.4, -0.2) is 28.2 Å². The van der Waals surface area contributed by atoms with Gasteiger partial charge in [0.05, 0.1) is 12.1 Å². The van der Waals surface area contributed by atoms with Crippen LogP contribution in [0.5, 0.6) is 5.88 Å². The maximum absolute atomic E-state index is 13.4. The molecular weight excluding hydrogens is 410 g/mol. The minimum atomic E-state index is -0.539. The van der Waals surface area contributed by atoms with E-state index in [2.05, 4.69) is 4.98 Å². The summed E-state index contributed by atoms with van der Waals surface area (Å²) in [6.07, 6.45) is 1.54. The number of aromatic hydroxyl groups is 1. The Bertz CT molecular complexity index is 1470. The number of hydrogen-bond acceptors (Lipinski definition) is 5. The van der Waals surface area contributed by atoms with Crippen molar-refractivity contribution in [2.45, 2.75) is 59.7 Å². The van der Waals surface area contributed by atoms with Gasteiger partial charge in [-0.1, -0.05) is 51.1 Å². The molecule has 0 atom stereocenters. The van der Waals surface area contributed by atoms with Crippen molar-refractivity contribution in [3.8, 4) is 5.88 Å². The summed E-state index contributed by atoms with van der Waals surface area (Å²) in [5.41, 5.74) is -0.129. The molecule has 4 rings (SSSR count). The topological polar surface area (TPSA) is 104 Å². The van der Waals surface area contributed by atoms with E-state index in [9.17, 15) is 19.5 Å². The number of imidazole rings is 1. The zero-order chi connectivity index (χ0) is 23.0. The summed E-state index contributed by atoms with van der Waals surface area (Å²) in [6, 6.07) is 9.48. The van der Waals surface area contributed by atoms with E-state index in [1.165, 1.54) is 18.1 Å². The van der Waals surface area contributed by atoms with Gasteiger partial charge < -0.3 is 5.11 Å². The zero-order valence-corrected chi connectivity index (χ0v) is 18.5. The highest BCUT2D eigenvalue weighted by Gasteiger charge is 2.24. The van der Waals surface area contributed by atoms with Crippen LogP contribution in [-0.2, 0) is 26.1 Å². The predicted octanol–water partition coefficient (Wildman–Crippen LogP) is 2.11. The number of fused-ring (bicyclic) bond motifs is 3. The van der Waals surface area contributed by atoms with Crippen molar-refractivity contribution in [2.24, 2.45) is 0 Å². The molecule has 0 amide bonds. The SMILES string of the molecule is CCCn1c(=O)c2c(nc3n(Cc4ccccc4)c(O)c(CC)c(=O)n23)n(CCC)c1=O. The highest BCUT2D eigenvalue weighted by Crippen LogP contribution is 2.22. The van der Waals surface area contributed by atoms with Crippen molar-refractivity contribution < 1.29 is 5.11 Å². The molecule has 0 aliphatic carbocycles. The van der Waals surface area contributed by atoms with Crippen LogP contribution in [0.4, 0.5) is 0 Å². The van der Waals surface area contributed by atoms with E-state index in [0.717, 1.165) is 5.56 Å². The number of aryl methyl sites for hydroxylation is 1. The number of rotatable bonds is 7. The van der Waals surface area contributed by atoms with Crippen LogP contribution < -0.4 is 16.8 Å². The van der Waals surface area contributed by atoms with E-state index < -0.39 is 16.8 Å². The molecule has 9 nitrogen and oxygen atoms in total. The van der Waals surface area contributed by atoms with E-state index in [-0.39, 0.29) is 47.9 Å². The normalized spacial score (nSPS) is 11.6. The van der Waals surface area contributed by atoms with Gasteiger partial charge in [0.15, 0.2) is 11.2 Å². The second-order valence-corrected chi connectivity index (χ2v) is 7.84. The van der Waals surface area contributed by atoms with E-state index in [4.69, 9.17) is 0 Å². The van der Waals surface area contributed by atoms with Crippen molar-refractivity contribution in [1.29, 1.82) is 0 Å². The van der Waals surface area contributed by atoms with Crippen LogP contribution >= 0.6 is 0 Å². The van der Waals surface area contributed by atoms with E-state index in [1.807, 2.05) is 44.2 Å². The first-order chi connectivity index (χ1) is 15.4. The van der Waals surface area contributed by atoms with Crippen LogP contribution in [0, 0.1) is 0 Å². The molecule has 1 N–H and O–H groups in total. The summed E-state index contributed by atoms with van der Waals surface area (Å²) in [5.74, 6) is -0.0402. The second kappa shape index (κ2) is 8.49. The molecule has 0 spiro atoms. The Morgan fingerprint density at radius 3 is 2.16 bits per heavy atom. The minimum Gasteiger partial charge on any atom is -0.494 e. The van der Waals surface area contributed by atoms with Gasteiger partial charge in [0.25, 0.3) is 11.1 Å². The van der Waals surface area contributed by atoms with E-state index >= 15 is 0 Å². The first-order valence-electron chi connectivity index (χ1n) is 11.0. The first kappa shape index (κ1) is 21.6. The molecule has 0 aliphatic rings. The number of aromatic nitrogens is 5. The monoisotopic (exact) mass is 437 g/mol. The smallest absolute Gasteiger partial charge is 0.332 e. The molecule has 0 aliphatic heterocycles. The second-order valence-electron chi connectivity index (χ2n) is 7.84. The molecule has 1 aromatic carbocycles. The summed E-state index contributed by atoms with van der Waals surface area (Å²) in [6.45, 7) is 6.46. The van der Waals surface area contributed by atoms with Crippen molar-refractivity contribution in [1.82, 2.24) is 23.1 Å². The third kappa shape index (κ3) is 3.24. The van der Waals surface area contributed by atoms with Crippen LogP contribution in [0.1, 0.15) is 44.7 Å². The van der Waals surface area contributed by atoms with Crippen molar-refractivity contribution in [3.05, 3.63) is 72.7 Å². The molecule has 4 aromatic rings. The Kier molecular flexibility index (Phi) is 5.73. The zero-order valence-electron chi connectivity index (χ0n) is 18.5. The average Bonchev–Trinajstić information content (AvgIpc) is 3.19. The van der Waals surface area contributed by atoms with Crippen LogP contribution in [0.25, 0.3) is 16.9 Å². The Morgan fingerprint density at radius 2 is 1.53 bits per heavy atom. The van der Waals surface area contributed by atoms with Gasteiger partial charge in [0.2, 0.25) is 11.7 Å². The van der Waals surface area contributed by atoms with E-state index in [0.29, 0.717) is 19.4 Å². The fourth-order valence-corrected chi connectivity index (χ4v) is 4.16. The number of nitrogens with zero attached hydrogens (tertiary/aromatic N) is 5. The lowest BCUT2D eigenvalue weighted by molar-refractivity contribution is 0.412. The molecule has 168 valence electrons. The third-order valence-corrected chi connectivity index (χ3v) is 5.67. The Labute approximate surface area is 183 Å². The molecule has 32 heavy (non-hydrogen) atoms. The lowest BCUT2D eigenvalue weighted by Gasteiger charge is -2.14. The summed E-state index contributed by atoms with van der Waals surface area (Å²) < 4.78 is 5.41. The number of benzene rings is 1. The van der Waals surface area contributed by atoms with Crippen LogP contribution in [0.15, 0.2) is 44.7 Å². The summed E-state index contributed by atoms with van der Waals surface area (Å²) in [7, 11) is 0. The maximum Gasteiger partial charge on any atom is 0.332 e. The highest BCUT2D eigenvalue weighted by atomic mass is 16.3. The first-order valence-corrected chi connectivity index (χ1v) is 11.0. The summed E-state index contributed by atoms with van der Waals surface area (Å²) in [4.78, 5) is 44.3. The van der Waals surface area contributed by atoms with Crippen LogP contribution in [0.3, 0.4) is 0 Å². The van der Waals surface area contributed by atoms with E-state index in [1.54, 1.807) is 6.92 Å².